The third-order valence-corrected chi connectivity index (χ3v) is 8.47. The van der Waals surface area contributed by atoms with E-state index in [0.717, 1.165) is 6.54 Å². The summed E-state index contributed by atoms with van der Waals surface area (Å²) in [6, 6.07) is 0. The molecule has 1 fully saturated rings. The van der Waals surface area contributed by atoms with Crippen LogP contribution < -0.4 is 22.0 Å². The normalized spacial score (nSPS) is 20.3. The Kier molecular flexibility index (Phi) is 7.50. The van der Waals surface area contributed by atoms with Gasteiger partial charge in [0, 0.05) is 12.7 Å². The Morgan fingerprint density at radius 2 is 1.79 bits per heavy atom. The maximum atomic E-state index is 5.53. The van der Waals surface area contributed by atoms with Gasteiger partial charge in [0.1, 0.15) is 6.49 Å². The van der Waals surface area contributed by atoms with Crippen molar-refractivity contribution in [3.05, 3.63) is 23.8 Å². The van der Waals surface area contributed by atoms with Crippen molar-refractivity contribution in [2.45, 2.75) is 0 Å². The Morgan fingerprint density at radius 1 is 1.11 bits per heavy atom. The highest BCUT2D eigenvalue weighted by Gasteiger charge is 2.22. The average molecular weight is 378 g/mol. The van der Waals surface area contributed by atoms with Crippen molar-refractivity contribution in [1.29, 1.82) is 0 Å². The maximum absolute atomic E-state index is 5.53. The summed E-state index contributed by atoms with van der Waals surface area (Å²) < 4.78 is 8.36. The molecule has 0 aromatic carbocycles. The molecule has 8 N–H and O–H groups in total. The average Bonchev–Trinajstić information content (AvgIpc) is 2.83. The van der Waals surface area contributed by atoms with E-state index in [0.29, 0.717) is 6.61 Å². The number of hydrogen-bond acceptors (Lipinski definition) is 5. The zero-order valence-corrected chi connectivity index (χ0v) is 14.9. The van der Waals surface area contributed by atoms with Crippen LogP contribution in [-0.4, -0.2) is 21.3 Å². The van der Waals surface area contributed by atoms with E-state index in [1.807, 2.05) is 17.6 Å². The van der Waals surface area contributed by atoms with Crippen LogP contribution in [0.2, 0.25) is 0 Å². The van der Waals surface area contributed by atoms with Gasteiger partial charge in [-0.25, -0.2) is 0 Å². The van der Waals surface area contributed by atoms with Gasteiger partial charge in [0.2, 0.25) is 0 Å². The number of nitrogens with zero attached hydrogens (tertiary/aromatic N) is 2. The van der Waals surface area contributed by atoms with Crippen molar-refractivity contribution >= 4 is 60.8 Å². The summed E-state index contributed by atoms with van der Waals surface area (Å²) in [6.07, 6.45) is 5.56. The van der Waals surface area contributed by atoms with Gasteiger partial charge < -0.3 is 0 Å². The minimum Gasteiger partial charge on any atom is -0.299 e. The molecule has 13 heteroatoms. The van der Waals surface area contributed by atoms with Crippen LogP contribution in [0.25, 0.3) is 0 Å². The second-order valence-corrected chi connectivity index (χ2v) is 12.8. The molecule has 0 bridgehead atoms. The van der Waals surface area contributed by atoms with Crippen molar-refractivity contribution in [1.82, 2.24) is 8.15 Å². The zero-order valence-electron chi connectivity index (χ0n) is 9.86. The highest BCUT2D eigenvalue weighted by molar-refractivity contribution is 8.18. The van der Waals surface area contributed by atoms with Gasteiger partial charge in [-0.1, -0.05) is 6.08 Å². The molecule has 0 radical (unpaired) electrons. The van der Waals surface area contributed by atoms with Crippen LogP contribution in [0.3, 0.4) is 0 Å². The molecule has 0 saturated carbocycles. The van der Waals surface area contributed by atoms with E-state index in [1.54, 1.807) is 14.4 Å². The molecule has 2 aliphatic rings. The number of hydrogen-bond donors (Lipinski definition) is 4. The summed E-state index contributed by atoms with van der Waals surface area (Å²) >= 11 is 12.3. The molecule has 2 aliphatic heterocycles. The molecule has 0 unspecified atom stereocenters. The van der Waals surface area contributed by atoms with E-state index in [4.69, 9.17) is 49.8 Å². The van der Waals surface area contributed by atoms with E-state index in [1.165, 1.54) is 24.2 Å². The molecular weight excluding hydrogens is 362 g/mol. The lowest BCUT2D eigenvalue weighted by atomic mass is 10.6. The smallest absolute Gasteiger partial charge is 0.168 e. The maximum Gasteiger partial charge on any atom is 0.168 e. The fraction of sp³-hybridized carbons (Fsp3) is 0.333. The number of rotatable bonds is 2. The third kappa shape index (κ3) is 7.03. The van der Waals surface area contributed by atoms with Crippen molar-refractivity contribution in [2.24, 2.45) is 22.0 Å². The van der Waals surface area contributed by atoms with Gasteiger partial charge in [-0.3, -0.25) is 30.3 Å². The van der Waals surface area contributed by atoms with E-state index in [9.17, 15) is 0 Å². The molecule has 110 valence electrons. The van der Waals surface area contributed by atoms with E-state index in [-0.39, 0.29) is 0 Å². The minimum absolute atomic E-state index is 0.664. The Bertz CT molecular complexity index is 441. The van der Waals surface area contributed by atoms with Gasteiger partial charge in [-0.2, -0.15) is 4.08 Å². The van der Waals surface area contributed by atoms with Gasteiger partial charge >= 0.3 is 0 Å². The molecule has 2 heterocycles. The van der Waals surface area contributed by atoms with E-state index < -0.39 is 13.0 Å². The fourth-order valence-electron chi connectivity index (χ4n) is 0.938. The first-order valence-electron chi connectivity index (χ1n) is 4.93. The highest BCUT2D eigenvalue weighted by Crippen LogP contribution is 2.41. The molecule has 0 aliphatic carbocycles. The second-order valence-electron chi connectivity index (χ2n) is 3.40. The van der Waals surface area contributed by atoms with Crippen molar-refractivity contribution in [2.75, 3.05) is 13.2 Å². The predicted octanol–water partition coefficient (Wildman–Crippen LogP) is 1.14. The summed E-state index contributed by atoms with van der Waals surface area (Å²) in [5, 5.41) is 1.89. The lowest BCUT2D eigenvalue weighted by Crippen LogP contribution is -2.20. The van der Waals surface area contributed by atoms with E-state index in [2.05, 4.69) is 0 Å². The van der Waals surface area contributed by atoms with Crippen LogP contribution in [0.4, 0.5) is 0 Å². The first-order chi connectivity index (χ1) is 8.71. The van der Waals surface area contributed by atoms with Crippen LogP contribution in [-0.2, 0) is 27.8 Å². The molecule has 0 amide bonds. The summed E-state index contributed by atoms with van der Waals surface area (Å²) in [5.74, 6) is 0. The van der Waals surface area contributed by atoms with Crippen molar-refractivity contribution in [3.8, 4) is 0 Å². The largest absolute Gasteiger partial charge is 0.299 e. The molecule has 19 heavy (non-hydrogen) atoms. The topological polar surface area (TPSA) is 120 Å². The minimum atomic E-state index is -2.25. The van der Waals surface area contributed by atoms with Crippen LogP contribution in [0.5, 0.6) is 0 Å². The summed E-state index contributed by atoms with van der Waals surface area (Å²) in [6.45, 7) is -3.05. The SMILES string of the molecule is NP(N)(=S)N1C=CC=CS1.NP(N)(=S)N1CCOS1. The van der Waals surface area contributed by atoms with Gasteiger partial charge in [0.25, 0.3) is 0 Å². The standard InChI is InChI=1S/C4H8N3PS2.C2H8N3OPS2/c5-8(6,9)7-3-1-2-4-10-7;3-7(4,8)5-1-2-6-9-5/h1-4H,(H4,5,6,9);1-2H2,(H4,3,4,8). The first kappa shape index (κ1) is 18.1. The summed E-state index contributed by atoms with van der Waals surface area (Å²) in [5.41, 5.74) is 22.0. The van der Waals surface area contributed by atoms with Crippen molar-refractivity contribution < 1.29 is 4.18 Å². The third-order valence-electron chi connectivity index (χ3n) is 1.73. The number of allylic oxidation sites excluding steroid dienone is 2. The van der Waals surface area contributed by atoms with Gasteiger partial charge in [-0.05, 0) is 47.0 Å². The lowest BCUT2D eigenvalue weighted by molar-refractivity contribution is 0.412. The van der Waals surface area contributed by atoms with Gasteiger partial charge in [-0.15, -0.1) is 0 Å². The van der Waals surface area contributed by atoms with Crippen LogP contribution >= 0.6 is 37.2 Å². The van der Waals surface area contributed by atoms with Crippen molar-refractivity contribution in [3.63, 3.8) is 0 Å². The molecule has 0 aromatic rings. The molecule has 7 nitrogen and oxygen atoms in total. The molecule has 0 atom stereocenters. The molecule has 2 rings (SSSR count). The molecule has 1 saturated heterocycles. The highest BCUT2D eigenvalue weighted by atomic mass is 32.5. The zero-order chi connectivity index (χ0) is 14.5. The van der Waals surface area contributed by atoms with Crippen LogP contribution in [0.15, 0.2) is 23.8 Å². The second kappa shape index (κ2) is 7.88. The van der Waals surface area contributed by atoms with Crippen LogP contribution in [0.1, 0.15) is 0 Å². The monoisotopic (exact) mass is 378 g/mol. The van der Waals surface area contributed by atoms with Gasteiger partial charge in [0.05, 0.1) is 18.8 Å². The Balaban J connectivity index is 0.000000191. The fourth-order valence-corrected chi connectivity index (χ4v) is 4.77. The predicted molar refractivity (Wildman–Crippen MR) is 93.3 cm³/mol. The summed E-state index contributed by atoms with van der Waals surface area (Å²) in [4.78, 5) is 0. The Labute approximate surface area is 131 Å². The molecule has 0 aromatic heterocycles. The lowest BCUT2D eigenvalue weighted by Gasteiger charge is -2.25. The summed E-state index contributed by atoms with van der Waals surface area (Å²) in [7, 11) is 0. The first-order valence-corrected chi connectivity index (χ1v) is 12.3. The van der Waals surface area contributed by atoms with Crippen LogP contribution in [0, 0.1) is 0 Å². The van der Waals surface area contributed by atoms with Gasteiger partial charge in [0.15, 0.2) is 6.49 Å². The molecule has 0 spiro atoms. The number of nitrogens with two attached hydrogens (primary N) is 4. The Morgan fingerprint density at radius 3 is 2.05 bits per heavy atom. The van der Waals surface area contributed by atoms with E-state index >= 15 is 0 Å². The Hall–Kier alpha value is 1.04. The quantitative estimate of drug-likeness (QED) is 0.314. The molecular formula is C6H16N6OP2S4.